The van der Waals surface area contributed by atoms with Crippen molar-refractivity contribution in [3.63, 3.8) is 0 Å². The highest BCUT2D eigenvalue weighted by molar-refractivity contribution is 5.72. The zero-order chi connectivity index (χ0) is 22.1. The lowest BCUT2D eigenvalue weighted by Gasteiger charge is -2.14. The molecule has 0 saturated carbocycles. The fraction of sp³-hybridized carbons (Fsp3) is 0.105. The molecule has 0 bridgehead atoms. The van der Waals surface area contributed by atoms with Gasteiger partial charge in [0.1, 0.15) is 0 Å². The summed E-state index contributed by atoms with van der Waals surface area (Å²) in [6, 6.07) is 12.6. The summed E-state index contributed by atoms with van der Waals surface area (Å²) in [5.74, 6) is -0.00382. The van der Waals surface area contributed by atoms with Crippen LogP contribution in [0.15, 0.2) is 59.7 Å². The average Bonchev–Trinajstić information content (AvgIpc) is 3.16. The van der Waals surface area contributed by atoms with E-state index < -0.39 is 16.0 Å². The first kappa shape index (κ1) is 20.6. The minimum atomic E-state index is -1.02. The highest BCUT2D eigenvalue weighted by Gasteiger charge is 2.15. The second-order valence-corrected chi connectivity index (χ2v) is 6.91. The number of nitrogens with zero attached hydrogens (tertiary/aromatic N) is 4. The molecule has 4 aromatic rings. The van der Waals surface area contributed by atoms with Gasteiger partial charge in [-0.25, -0.2) is 15.4 Å². The molecule has 31 heavy (non-hydrogen) atoms. The van der Waals surface area contributed by atoms with Crippen molar-refractivity contribution >= 4 is 28.5 Å². The molecular formula is C19H19N7O5. The summed E-state index contributed by atoms with van der Waals surface area (Å²) in [6.45, 7) is 0.546. The van der Waals surface area contributed by atoms with Gasteiger partial charge >= 0.3 is 5.56 Å². The van der Waals surface area contributed by atoms with Crippen LogP contribution in [0.2, 0.25) is 0 Å². The van der Waals surface area contributed by atoms with E-state index in [0.29, 0.717) is 12.2 Å². The Kier molecular flexibility index (Phi) is 5.48. The van der Waals surface area contributed by atoms with E-state index >= 15 is 0 Å². The van der Waals surface area contributed by atoms with E-state index in [1.807, 2.05) is 0 Å². The third kappa shape index (κ3) is 4.15. The van der Waals surface area contributed by atoms with E-state index in [4.69, 9.17) is 16.1 Å². The number of nitrogens with one attached hydrogen (secondary N) is 2. The summed E-state index contributed by atoms with van der Waals surface area (Å²) in [6.07, 6.45) is 1.50. The molecule has 0 aliphatic rings. The molecule has 0 amide bonds. The zero-order valence-electron chi connectivity index (χ0n) is 16.1. The van der Waals surface area contributed by atoms with Crippen LogP contribution >= 0.6 is 0 Å². The lowest BCUT2D eigenvalue weighted by atomic mass is 10.2. The predicted molar refractivity (Wildman–Crippen MR) is 109 cm³/mol. The number of nitrogen functional groups attached to an aromatic ring is 1. The lowest BCUT2D eigenvalue weighted by molar-refractivity contribution is -0.991. The quantitative estimate of drug-likeness (QED) is 0.247. The number of nitrogens with two attached hydrogens (primary N) is 1. The van der Waals surface area contributed by atoms with Crippen molar-refractivity contribution in [1.29, 1.82) is 0 Å². The molecule has 160 valence electrons. The average molecular weight is 425 g/mol. The number of benzene rings is 2. The topological polar surface area (TPSA) is 174 Å². The number of hydrogen-bond donors (Lipinski definition) is 5. The number of rotatable bonds is 6. The molecule has 0 saturated heterocycles. The van der Waals surface area contributed by atoms with Gasteiger partial charge in [0.15, 0.2) is 22.5 Å². The normalized spacial score (nSPS) is 13.4. The fourth-order valence-electron chi connectivity index (χ4n) is 3.27. The van der Waals surface area contributed by atoms with Gasteiger partial charge in [-0.05, 0) is 11.1 Å². The summed E-state index contributed by atoms with van der Waals surface area (Å²) < 4.78 is 3.21. The second-order valence-electron chi connectivity index (χ2n) is 6.91. The standard InChI is InChI=1S/C19H19N7O5/c20-19-22-18(27)16-17(24(19)10-13-3-7-15(8-4-13)26(30)31)21-11-23(16)9-12-1-5-14(6-2-12)25(28)29/h1-8,11,25-26,28,30H,9-10H2,(H2,20,22,27). The number of aromatic nitrogens is 4. The summed E-state index contributed by atoms with van der Waals surface area (Å²) in [4.78, 5) is 20.8. The molecule has 2 unspecified atom stereocenters. The highest BCUT2D eigenvalue weighted by atomic mass is 16.8. The van der Waals surface area contributed by atoms with E-state index in [0.717, 1.165) is 11.1 Å². The molecule has 12 heteroatoms. The monoisotopic (exact) mass is 425 g/mol. The number of hydrogen-bond acceptors (Lipinski definition) is 8. The maximum Gasteiger partial charge on any atom is 0.300 e. The predicted octanol–water partition coefficient (Wildman–Crippen LogP) is -0.921. The largest absolute Gasteiger partial charge is 0.595 e. The van der Waals surface area contributed by atoms with Crippen LogP contribution < -0.4 is 21.7 Å². The third-order valence-electron chi connectivity index (χ3n) is 4.86. The van der Waals surface area contributed by atoms with Crippen molar-refractivity contribution in [3.8, 4) is 0 Å². The van der Waals surface area contributed by atoms with E-state index in [9.17, 15) is 15.2 Å². The SMILES string of the molecule is Nc1nc(=O)c2c(ncn2Cc2ccc([NH+]([O-])O)cc2)n1Cc1ccc([NH+]([O-])O)cc1. The molecule has 2 aromatic carbocycles. The molecule has 4 rings (SSSR count). The first-order valence-corrected chi connectivity index (χ1v) is 9.19. The molecule has 0 aliphatic heterocycles. The number of fused-ring (bicyclic) bond motifs is 1. The minimum Gasteiger partial charge on any atom is -0.595 e. The molecule has 2 aromatic heterocycles. The molecule has 0 radical (unpaired) electrons. The van der Waals surface area contributed by atoms with Crippen LogP contribution in [0.4, 0.5) is 17.3 Å². The van der Waals surface area contributed by atoms with E-state index in [1.165, 1.54) is 30.6 Å². The van der Waals surface area contributed by atoms with Crippen LogP contribution in [0.5, 0.6) is 0 Å². The van der Waals surface area contributed by atoms with E-state index in [-0.39, 0.29) is 29.4 Å². The van der Waals surface area contributed by atoms with Gasteiger partial charge in [0.2, 0.25) is 5.95 Å². The first-order valence-electron chi connectivity index (χ1n) is 9.19. The molecule has 2 atom stereocenters. The Morgan fingerprint density at radius 1 is 0.903 bits per heavy atom. The summed E-state index contributed by atoms with van der Waals surface area (Å²) in [5.41, 5.74) is 7.95. The summed E-state index contributed by atoms with van der Waals surface area (Å²) >= 11 is 0. The Balaban J connectivity index is 1.68. The molecule has 6 N–H and O–H groups in total. The van der Waals surface area contributed by atoms with Crippen LogP contribution in [0, 0.1) is 10.4 Å². The highest BCUT2D eigenvalue weighted by Crippen LogP contribution is 2.17. The van der Waals surface area contributed by atoms with Gasteiger partial charge in [-0.15, -0.1) is 0 Å². The molecule has 0 spiro atoms. The minimum absolute atomic E-state index is 0.00382. The van der Waals surface area contributed by atoms with E-state index in [2.05, 4.69) is 9.97 Å². The van der Waals surface area contributed by atoms with Crippen LogP contribution in [0.3, 0.4) is 0 Å². The fourth-order valence-corrected chi connectivity index (χ4v) is 3.27. The molecule has 12 nitrogen and oxygen atoms in total. The first-order chi connectivity index (χ1) is 14.8. The van der Waals surface area contributed by atoms with Crippen molar-refractivity contribution < 1.29 is 20.9 Å². The Morgan fingerprint density at radius 3 is 1.94 bits per heavy atom. The molecule has 0 aliphatic carbocycles. The van der Waals surface area contributed by atoms with Crippen LogP contribution in [-0.2, 0) is 13.1 Å². The van der Waals surface area contributed by atoms with Crippen molar-refractivity contribution in [2.75, 3.05) is 5.73 Å². The molecular weight excluding hydrogens is 406 g/mol. The summed E-state index contributed by atoms with van der Waals surface area (Å²) in [7, 11) is 0. The smallest absolute Gasteiger partial charge is 0.300 e. The summed E-state index contributed by atoms with van der Waals surface area (Å²) in [5, 5.41) is 38.1. The Hall–Kier alpha value is -3.65. The molecule has 2 heterocycles. The zero-order valence-corrected chi connectivity index (χ0v) is 16.1. The van der Waals surface area contributed by atoms with Crippen LogP contribution in [-0.4, -0.2) is 29.5 Å². The van der Waals surface area contributed by atoms with Gasteiger partial charge in [0, 0.05) is 30.8 Å². The van der Waals surface area contributed by atoms with Gasteiger partial charge < -0.3 is 20.7 Å². The van der Waals surface area contributed by atoms with Gasteiger partial charge in [-0.1, -0.05) is 24.3 Å². The molecule has 0 fully saturated rings. The third-order valence-corrected chi connectivity index (χ3v) is 4.86. The maximum atomic E-state index is 12.5. The van der Waals surface area contributed by atoms with Crippen molar-refractivity contribution in [3.05, 3.63) is 86.8 Å². The van der Waals surface area contributed by atoms with E-state index in [1.54, 1.807) is 33.4 Å². The van der Waals surface area contributed by atoms with Crippen LogP contribution in [0.1, 0.15) is 11.1 Å². The van der Waals surface area contributed by atoms with Gasteiger partial charge in [-0.2, -0.15) is 15.4 Å². The number of quaternary nitrogens is 2. The maximum absolute atomic E-state index is 12.5. The van der Waals surface area contributed by atoms with Crippen LogP contribution in [0.25, 0.3) is 11.2 Å². The van der Waals surface area contributed by atoms with Crippen molar-refractivity contribution in [2.45, 2.75) is 13.1 Å². The van der Waals surface area contributed by atoms with Gasteiger partial charge in [0.05, 0.1) is 12.9 Å². The Labute approximate surface area is 174 Å². The second kappa shape index (κ2) is 8.23. The number of anilines is 1. The number of imidazole rings is 1. The van der Waals surface area contributed by atoms with Crippen molar-refractivity contribution in [1.82, 2.24) is 19.1 Å². The van der Waals surface area contributed by atoms with Gasteiger partial charge in [-0.3, -0.25) is 9.36 Å². The lowest BCUT2D eigenvalue weighted by Crippen LogP contribution is -2.99. The van der Waals surface area contributed by atoms with Gasteiger partial charge in [0.25, 0.3) is 0 Å². The van der Waals surface area contributed by atoms with Crippen molar-refractivity contribution in [2.24, 2.45) is 0 Å². The Bertz CT molecular complexity index is 1260. The Morgan fingerprint density at radius 2 is 1.42 bits per heavy atom.